The van der Waals surface area contributed by atoms with Gasteiger partial charge in [-0.1, -0.05) is 0 Å². The summed E-state index contributed by atoms with van der Waals surface area (Å²) in [5, 5.41) is 0. The van der Waals surface area contributed by atoms with Gasteiger partial charge in [0.05, 0.1) is 6.20 Å². The fourth-order valence-corrected chi connectivity index (χ4v) is 1.30. The Morgan fingerprint density at radius 3 is 2.87 bits per heavy atom. The summed E-state index contributed by atoms with van der Waals surface area (Å²) in [4.78, 5) is 23.7. The Morgan fingerprint density at radius 1 is 1.33 bits per heavy atom. The zero-order valence-electron chi connectivity index (χ0n) is 8.29. The van der Waals surface area contributed by atoms with Crippen LogP contribution in [0.3, 0.4) is 0 Å². The molecule has 2 rings (SSSR count). The van der Waals surface area contributed by atoms with Crippen LogP contribution in [0.15, 0.2) is 31.0 Å². The summed E-state index contributed by atoms with van der Waals surface area (Å²) >= 11 is 0. The molecule has 0 amide bonds. The van der Waals surface area contributed by atoms with Crippen LogP contribution >= 0.6 is 0 Å². The predicted octanol–water partition coefficient (Wildman–Crippen LogP) is 0.924. The zero-order chi connectivity index (χ0) is 10.7. The van der Waals surface area contributed by atoms with Crippen LogP contribution in [-0.2, 0) is 6.54 Å². The second kappa shape index (κ2) is 4.00. The van der Waals surface area contributed by atoms with Crippen LogP contribution in [0, 0.1) is 0 Å². The molecule has 0 unspecified atom stereocenters. The molecule has 0 radical (unpaired) electrons. The zero-order valence-corrected chi connectivity index (χ0v) is 8.29. The molecule has 0 aromatic carbocycles. The molecule has 76 valence electrons. The minimum absolute atomic E-state index is 0.199. The minimum atomic E-state index is -0.199. The summed E-state index contributed by atoms with van der Waals surface area (Å²) in [6, 6.07) is 0. The Kier molecular flexibility index (Phi) is 2.53. The SMILES string of the molecule is CCn1ccnc1C(=O)c1cnccn1. The first-order valence-corrected chi connectivity index (χ1v) is 4.64. The second-order valence-electron chi connectivity index (χ2n) is 2.96. The van der Waals surface area contributed by atoms with Gasteiger partial charge in [0, 0.05) is 31.3 Å². The molecule has 0 aliphatic heterocycles. The molecule has 0 atom stereocenters. The Hall–Kier alpha value is -2.04. The van der Waals surface area contributed by atoms with E-state index >= 15 is 0 Å². The van der Waals surface area contributed by atoms with E-state index in [0.717, 1.165) is 0 Å². The standard InChI is InChI=1S/C10H10N4O/c1-2-14-6-5-13-10(14)9(15)8-7-11-3-4-12-8/h3-7H,2H2,1H3. The number of aryl methyl sites for hydroxylation is 1. The first-order chi connectivity index (χ1) is 7.33. The average molecular weight is 202 g/mol. The van der Waals surface area contributed by atoms with Crippen LogP contribution < -0.4 is 0 Å². The molecule has 0 spiro atoms. The van der Waals surface area contributed by atoms with E-state index < -0.39 is 0 Å². The lowest BCUT2D eigenvalue weighted by molar-refractivity contribution is 0.102. The van der Waals surface area contributed by atoms with Crippen molar-refractivity contribution in [1.29, 1.82) is 0 Å². The average Bonchev–Trinajstić information content (AvgIpc) is 2.77. The molecule has 2 aromatic heterocycles. The maximum Gasteiger partial charge on any atom is 0.248 e. The number of ketones is 1. The highest BCUT2D eigenvalue weighted by Gasteiger charge is 2.15. The van der Waals surface area contributed by atoms with Crippen molar-refractivity contribution < 1.29 is 4.79 Å². The number of carbonyl (C=O) groups is 1. The van der Waals surface area contributed by atoms with E-state index in [-0.39, 0.29) is 5.78 Å². The summed E-state index contributed by atoms with van der Waals surface area (Å²) in [5.74, 6) is 0.202. The van der Waals surface area contributed by atoms with Gasteiger partial charge in [-0.25, -0.2) is 9.97 Å². The lowest BCUT2D eigenvalue weighted by Gasteiger charge is -2.02. The van der Waals surface area contributed by atoms with Gasteiger partial charge in [0.25, 0.3) is 0 Å². The van der Waals surface area contributed by atoms with Crippen molar-refractivity contribution in [1.82, 2.24) is 19.5 Å². The van der Waals surface area contributed by atoms with E-state index in [9.17, 15) is 4.79 Å². The van der Waals surface area contributed by atoms with Crippen molar-refractivity contribution in [3.05, 3.63) is 42.5 Å². The third-order valence-corrected chi connectivity index (χ3v) is 2.06. The molecule has 0 aliphatic rings. The first kappa shape index (κ1) is 9.51. The lowest BCUT2D eigenvalue weighted by atomic mass is 10.3. The molecule has 0 saturated carbocycles. The van der Waals surface area contributed by atoms with Gasteiger partial charge in [0.15, 0.2) is 5.82 Å². The molecule has 2 aromatic rings. The van der Waals surface area contributed by atoms with Gasteiger partial charge in [-0.3, -0.25) is 9.78 Å². The van der Waals surface area contributed by atoms with E-state index in [1.165, 1.54) is 18.6 Å². The molecular formula is C10H10N4O. The quantitative estimate of drug-likeness (QED) is 0.694. The van der Waals surface area contributed by atoms with E-state index in [4.69, 9.17) is 0 Å². The molecule has 0 bridgehead atoms. The molecule has 15 heavy (non-hydrogen) atoms. The minimum Gasteiger partial charge on any atom is -0.328 e. The fourth-order valence-electron chi connectivity index (χ4n) is 1.30. The van der Waals surface area contributed by atoms with Crippen molar-refractivity contribution in [3.8, 4) is 0 Å². The van der Waals surface area contributed by atoms with Crippen molar-refractivity contribution >= 4 is 5.78 Å². The summed E-state index contributed by atoms with van der Waals surface area (Å²) in [6.45, 7) is 2.66. The predicted molar refractivity (Wildman–Crippen MR) is 53.4 cm³/mol. The number of nitrogens with zero attached hydrogens (tertiary/aromatic N) is 4. The Bertz CT molecular complexity index is 463. The molecular weight excluding hydrogens is 192 g/mol. The number of imidazole rings is 1. The van der Waals surface area contributed by atoms with Crippen LogP contribution in [0.2, 0.25) is 0 Å². The van der Waals surface area contributed by atoms with Crippen LogP contribution in [0.1, 0.15) is 23.2 Å². The smallest absolute Gasteiger partial charge is 0.248 e. The van der Waals surface area contributed by atoms with Gasteiger partial charge in [0.2, 0.25) is 5.78 Å². The fraction of sp³-hybridized carbons (Fsp3) is 0.200. The van der Waals surface area contributed by atoms with Crippen molar-refractivity contribution in [2.45, 2.75) is 13.5 Å². The van der Waals surface area contributed by atoms with Crippen molar-refractivity contribution in [2.24, 2.45) is 0 Å². The van der Waals surface area contributed by atoms with E-state index in [1.807, 2.05) is 6.92 Å². The summed E-state index contributed by atoms with van der Waals surface area (Å²) < 4.78 is 1.77. The topological polar surface area (TPSA) is 60.7 Å². The summed E-state index contributed by atoms with van der Waals surface area (Å²) in [7, 11) is 0. The number of rotatable bonds is 3. The second-order valence-corrected chi connectivity index (χ2v) is 2.96. The van der Waals surface area contributed by atoms with Gasteiger partial charge >= 0.3 is 0 Å². The van der Waals surface area contributed by atoms with Gasteiger partial charge in [0.1, 0.15) is 5.69 Å². The molecule has 5 heteroatoms. The van der Waals surface area contributed by atoms with Crippen LogP contribution in [0.25, 0.3) is 0 Å². The Morgan fingerprint density at radius 2 is 2.20 bits per heavy atom. The van der Waals surface area contributed by atoms with E-state index in [1.54, 1.807) is 17.0 Å². The van der Waals surface area contributed by atoms with Crippen molar-refractivity contribution in [2.75, 3.05) is 0 Å². The van der Waals surface area contributed by atoms with Gasteiger partial charge in [-0.2, -0.15) is 0 Å². The normalized spacial score (nSPS) is 10.2. The van der Waals surface area contributed by atoms with Crippen LogP contribution in [0.5, 0.6) is 0 Å². The lowest BCUT2D eigenvalue weighted by Crippen LogP contribution is -2.12. The van der Waals surface area contributed by atoms with Gasteiger partial charge < -0.3 is 4.57 Å². The number of carbonyl (C=O) groups excluding carboxylic acids is 1. The van der Waals surface area contributed by atoms with Crippen LogP contribution in [0.4, 0.5) is 0 Å². The number of aromatic nitrogens is 4. The number of hydrogen-bond donors (Lipinski definition) is 0. The van der Waals surface area contributed by atoms with Crippen LogP contribution in [-0.4, -0.2) is 25.3 Å². The highest BCUT2D eigenvalue weighted by Crippen LogP contribution is 2.04. The maximum absolute atomic E-state index is 11.9. The largest absolute Gasteiger partial charge is 0.328 e. The third-order valence-electron chi connectivity index (χ3n) is 2.06. The Labute approximate surface area is 86.8 Å². The van der Waals surface area contributed by atoms with Gasteiger partial charge in [-0.15, -0.1) is 0 Å². The van der Waals surface area contributed by atoms with Crippen molar-refractivity contribution in [3.63, 3.8) is 0 Å². The number of hydrogen-bond acceptors (Lipinski definition) is 4. The molecule has 0 aliphatic carbocycles. The van der Waals surface area contributed by atoms with E-state index in [2.05, 4.69) is 15.0 Å². The Balaban J connectivity index is 2.37. The molecule has 0 N–H and O–H groups in total. The first-order valence-electron chi connectivity index (χ1n) is 4.64. The third kappa shape index (κ3) is 1.76. The molecule has 2 heterocycles. The van der Waals surface area contributed by atoms with Gasteiger partial charge in [-0.05, 0) is 6.92 Å². The summed E-state index contributed by atoms with van der Waals surface area (Å²) in [5.41, 5.74) is 0.318. The molecule has 0 fully saturated rings. The highest BCUT2D eigenvalue weighted by molar-refractivity contribution is 6.05. The van der Waals surface area contributed by atoms with E-state index in [0.29, 0.717) is 18.1 Å². The molecule has 0 saturated heterocycles. The highest BCUT2D eigenvalue weighted by atomic mass is 16.1. The summed E-state index contributed by atoms with van der Waals surface area (Å²) in [6.07, 6.45) is 7.84. The maximum atomic E-state index is 11.9. The monoisotopic (exact) mass is 202 g/mol. The molecule has 5 nitrogen and oxygen atoms in total.